The Morgan fingerprint density at radius 1 is 1.38 bits per heavy atom. The minimum absolute atomic E-state index is 0.0747. The summed E-state index contributed by atoms with van der Waals surface area (Å²) in [5, 5.41) is 0. The molecule has 1 aromatic rings. The standard InChI is InChI=1S/C8H7BF2O2/c1-12-5-2-3-6(9)7(4-5)13-8(10)11/h2-4,8H,1H3. The summed E-state index contributed by atoms with van der Waals surface area (Å²) in [7, 11) is 6.81. The highest BCUT2D eigenvalue weighted by molar-refractivity contribution is 6.34. The van der Waals surface area contributed by atoms with Crippen LogP contribution in [0.25, 0.3) is 0 Å². The van der Waals surface area contributed by atoms with Crippen molar-refractivity contribution >= 4 is 13.3 Å². The summed E-state index contributed by atoms with van der Waals surface area (Å²) in [6.07, 6.45) is 0. The average molecular weight is 184 g/mol. The van der Waals surface area contributed by atoms with Gasteiger partial charge < -0.3 is 9.47 Å². The van der Waals surface area contributed by atoms with Gasteiger partial charge in [0.15, 0.2) is 0 Å². The fourth-order valence-corrected chi connectivity index (χ4v) is 0.840. The largest absolute Gasteiger partial charge is 0.497 e. The van der Waals surface area contributed by atoms with E-state index in [0.29, 0.717) is 5.75 Å². The maximum absolute atomic E-state index is 11.8. The van der Waals surface area contributed by atoms with Crippen molar-refractivity contribution in [3.05, 3.63) is 18.2 Å². The molecule has 0 aliphatic carbocycles. The molecule has 0 saturated carbocycles. The Morgan fingerprint density at radius 3 is 2.62 bits per heavy atom. The van der Waals surface area contributed by atoms with Crippen molar-refractivity contribution in [1.82, 2.24) is 0 Å². The number of benzene rings is 1. The summed E-state index contributed by atoms with van der Waals surface area (Å²) in [6.45, 7) is -2.88. The van der Waals surface area contributed by atoms with Gasteiger partial charge in [-0.2, -0.15) is 8.78 Å². The molecule has 2 radical (unpaired) electrons. The van der Waals surface area contributed by atoms with Gasteiger partial charge >= 0.3 is 6.61 Å². The van der Waals surface area contributed by atoms with Crippen LogP contribution >= 0.6 is 0 Å². The highest BCUT2D eigenvalue weighted by atomic mass is 19.3. The van der Waals surface area contributed by atoms with Gasteiger partial charge in [0.1, 0.15) is 19.3 Å². The number of hydrogen-bond donors (Lipinski definition) is 0. The molecule has 2 nitrogen and oxygen atoms in total. The molecule has 0 aliphatic rings. The Labute approximate surface area is 75.9 Å². The van der Waals surface area contributed by atoms with Crippen LogP contribution < -0.4 is 14.9 Å². The second-order valence-corrected chi connectivity index (χ2v) is 2.28. The maximum atomic E-state index is 11.8. The van der Waals surface area contributed by atoms with Gasteiger partial charge in [0.2, 0.25) is 0 Å². The summed E-state index contributed by atoms with van der Waals surface area (Å²) in [5.41, 5.74) is 0.154. The second-order valence-electron chi connectivity index (χ2n) is 2.28. The monoisotopic (exact) mass is 184 g/mol. The van der Waals surface area contributed by atoms with Crippen LogP contribution in [0.3, 0.4) is 0 Å². The molecule has 0 saturated heterocycles. The molecule has 0 bridgehead atoms. The van der Waals surface area contributed by atoms with Crippen LogP contribution in [-0.2, 0) is 0 Å². The topological polar surface area (TPSA) is 18.5 Å². The highest BCUT2D eigenvalue weighted by Crippen LogP contribution is 2.17. The molecule has 0 unspecified atom stereocenters. The first-order valence-corrected chi connectivity index (χ1v) is 3.52. The third kappa shape index (κ3) is 2.61. The zero-order chi connectivity index (χ0) is 9.84. The molecular formula is C8H7BF2O2. The lowest BCUT2D eigenvalue weighted by Crippen LogP contribution is -2.12. The predicted octanol–water partition coefficient (Wildman–Crippen LogP) is 1.09. The molecule has 0 spiro atoms. The van der Waals surface area contributed by atoms with Gasteiger partial charge in [-0.15, -0.1) is 0 Å². The molecule has 5 heteroatoms. The van der Waals surface area contributed by atoms with Crippen LogP contribution in [-0.4, -0.2) is 21.6 Å². The highest BCUT2D eigenvalue weighted by Gasteiger charge is 2.07. The average Bonchev–Trinajstić information content (AvgIpc) is 2.08. The molecular weight excluding hydrogens is 177 g/mol. The van der Waals surface area contributed by atoms with E-state index in [2.05, 4.69) is 4.74 Å². The molecule has 0 aliphatic heterocycles. The van der Waals surface area contributed by atoms with Gasteiger partial charge in [0.05, 0.1) is 7.11 Å². The first-order valence-electron chi connectivity index (χ1n) is 3.52. The molecule has 0 atom stereocenters. The van der Waals surface area contributed by atoms with Gasteiger partial charge in [-0.3, -0.25) is 0 Å². The van der Waals surface area contributed by atoms with Gasteiger partial charge in [0.25, 0.3) is 0 Å². The van der Waals surface area contributed by atoms with Crippen molar-refractivity contribution in [2.75, 3.05) is 7.11 Å². The van der Waals surface area contributed by atoms with Crippen LogP contribution in [0.4, 0.5) is 8.78 Å². The Bertz CT molecular complexity index is 291. The Hall–Kier alpha value is -1.26. The molecule has 68 valence electrons. The molecule has 0 N–H and O–H groups in total. The summed E-state index contributed by atoms with van der Waals surface area (Å²) < 4.78 is 32.6. The van der Waals surface area contributed by atoms with Crippen molar-refractivity contribution in [3.8, 4) is 11.5 Å². The van der Waals surface area contributed by atoms with E-state index in [-0.39, 0.29) is 11.2 Å². The van der Waals surface area contributed by atoms with Crippen molar-refractivity contribution in [2.45, 2.75) is 6.61 Å². The van der Waals surface area contributed by atoms with Crippen LogP contribution in [0.5, 0.6) is 11.5 Å². The minimum Gasteiger partial charge on any atom is -0.497 e. The van der Waals surface area contributed by atoms with Crippen molar-refractivity contribution < 1.29 is 18.3 Å². The minimum atomic E-state index is -2.88. The molecule has 0 fully saturated rings. The Kier molecular flexibility index (Phi) is 3.11. The SMILES string of the molecule is [B]c1ccc(OC)cc1OC(F)F. The molecule has 1 aromatic carbocycles. The van der Waals surface area contributed by atoms with E-state index in [0.717, 1.165) is 0 Å². The first kappa shape index (κ1) is 9.83. The van der Waals surface area contributed by atoms with Gasteiger partial charge in [0, 0.05) is 6.07 Å². The number of ether oxygens (including phenoxy) is 2. The van der Waals surface area contributed by atoms with Crippen molar-refractivity contribution in [1.29, 1.82) is 0 Å². The van der Waals surface area contributed by atoms with Crippen LogP contribution in [0.2, 0.25) is 0 Å². The lowest BCUT2D eigenvalue weighted by Gasteiger charge is -2.09. The van der Waals surface area contributed by atoms with Gasteiger partial charge in [-0.1, -0.05) is 11.5 Å². The number of alkyl halides is 2. The molecule has 0 amide bonds. The summed E-state index contributed by atoms with van der Waals surface area (Å²) >= 11 is 0. The lowest BCUT2D eigenvalue weighted by atomic mass is 9.95. The number of hydrogen-bond acceptors (Lipinski definition) is 2. The zero-order valence-corrected chi connectivity index (χ0v) is 6.96. The summed E-state index contributed by atoms with van der Waals surface area (Å²) in [5.74, 6) is 0.346. The van der Waals surface area contributed by atoms with Gasteiger partial charge in [-0.25, -0.2) is 0 Å². The lowest BCUT2D eigenvalue weighted by molar-refractivity contribution is -0.0492. The van der Waals surface area contributed by atoms with E-state index >= 15 is 0 Å². The normalized spacial score (nSPS) is 10.2. The van der Waals surface area contributed by atoms with E-state index in [4.69, 9.17) is 12.6 Å². The number of rotatable bonds is 3. The van der Waals surface area contributed by atoms with E-state index in [1.54, 1.807) is 6.07 Å². The summed E-state index contributed by atoms with van der Waals surface area (Å²) in [6, 6.07) is 4.31. The van der Waals surface area contributed by atoms with E-state index in [1.165, 1.54) is 19.2 Å². The third-order valence-corrected chi connectivity index (χ3v) is 1.44. The van der Waals surface area contributed by atoms with Crippen LogP contribution in [0.15, 0.2) is 18.2 Å². The van der Waals surface area contributed by atoms with E-state index in [9.17, 15) is 8.78 Å². The first-order chi connectivity index (χ1) is 6.13. The molecule has 13 heavy (non-hydrogen) atoms. The quantitative estimate of drug-likeness (QED) is 0.654. The van der Waals surface area contributed by atoms with Crippen molar-refractivity contribution in [2.24, 2.45) is 0 Å². The zero-order valence-electron chi connectivity index (χ0n) is 6.96. The predicted molar refractivity (Wildman–Crippen MR) is 45.0 cm³/mol. The molecule has 0 aromatic heterocycles. The number of methoxy groups -OCH3 is 1. The maximum Gasteiger partial charge on any atom is 0.387 e. The molecule has 1 rings (SSSR count). The van der Waals surface area contributed by atoms with Crippen molar-refractivity contribution in [3.63, 3.8) is 0 Å². The summed E-state index contributed by atoms with van der Waals surface area (Å²) in [4.78, 5) is 0. The Balaban J connectivity index is 2.90. The fraction of sp³-hybridized carbons (Fsp3) is 0.250. The third-order valence-electron chi connectivity index (χ3n) is 1.44. The van der Waals surface area contributed by atoms with E-state index < -0.39 is 6.61 Å². The fourth-order valence-electron chi connectivity index (χ4n) is 0.840. The van der Waals surface area contributed by atoms with Crippen LogP contribution in [0.1, 0.15) is 0 Å². The van der Waals surface area contributed by atoms with Crippen LogP contribution in [0, 0.1) is 0 Å². The smallest absolute Gasteiger partial charge is 0.387 e. The van der Waals surface area contributed by atoms with Gasteiger partial charge in [-0.05, 0) is 6.07 Å². The second kappa shape index (κ2) is 4.12. The number of halogens is 2. The Morgan fingerprint density at radius 2 is 2.08 bits per heavy atom. The molecule has 0 heterocycles. The van der Waals surface area contributed by atoms with E-state index in [1.807, 2.05) is 0 Å².